The van der Waals surface area contributed by atoms with Gasteiger partial charge in [0.05, 0.1) is 21.3 Å². The maximum absolute atomic E-state index is 13.1. The fraction of sp³-hybridized carbons (Fsp3) is 0.300. The summed E-state index contributed by atoms with van der Waals surface area (Å²) in [5, 5.41) is 18.1. The molecular formula is C20H24FNO7. The smallest absolute Gasteiger partial charge is 0.414 e. The summed E-state index contributed by atoms with van der Waals surface area (Å²) >= 11 is 0. The molecule has 0 radical (unpaired) electrons. The molecule has 8 nitrogen and oxygen atoms in total. The highest BCUT2D eigenvalue weighted by Gasteiger charge is 2.11. The Morgan fingerprint density at radius 2 is 1.52 bits per heavy atom. The average Bonchev–Trinajstić information content (AvgIpc) is 2.71. The van der Waals surface area contributed by atoms with Crippen LogP contribution in [0.2, 0.25) is 0 Å². The lowest BCUT2D eigenvalue weighted by Gasteiger charge is -2.14. The first-order valence-corrected chi connectivity index (χ1v) is 8.52. The molecule has 29 heavy (non-hydrogen) atoms. The molecule has 0 aliphatic carbocycles. The first-order valence-electron chi connectivity index (χ1n) is 8.52. The van der Waals surface area contributed by atoms with Crippen LogP contribution in [-0.4, -0.2) is 50.0 Å². The molecule has 0 heterocycles. The second-order valence-corrected chi connectivity index (χ2v) is 5.69. The zero-order valence-corrected chi connectivity index (χ0v) is 16.4. The molecule has 2 rings (SSSR count). The average molecular weight is 409 g/mol. The molecule has 0 saturated carbocycles. The molecule has 2 aromatic rings. The van der Waals surface area contributed by atoms with Gasteiger partial charge in [0.15, 0.2) is 11.5 Å². The van der Waals surface area contributed by atoms with Crippen LogP contribution in [0.5, 0.6) is 17.2 Å². The molecule has 3 N–H and O–H groups in total. The number of carbonyl (C=O) groups is 2. The molecule has 0 aromatic heterocycles. The Labute approximate surface area is 167 Å². The van der Waals surface area contributed by atoms with Crippen LogP contribution in [0, 0.1) is 5.82 Å². The van der Waals surface area contributed by atoms with Crippen LogP contribution in [0.1, 0.15) is 11.1 Å². The van der Waals surface area contributed by atoms with Gasteiger partial charge in [-0.25, -0.2) is 14.0 Å². The molecule has 0 spiro atoms. The van der Waals surface area contributed by atoms with Gasteiger partial charge in [-0.15, -0.1) is 0 Å². The van der Waals surface area contributed by atoms with E-state index >= 15 is 0 Å². The summed E-state index contributed by atoms with van der Waals surface area (Å²) < 4.78 is 29.1. The second-order valence-electron chi connectivity index (χ2n) is 5.69. The Kier molecular flexibility index (Phi) is 9.97. The molecule has 0 aliphatic heterocycles. The third kappa shape index (κ3) is 8.06. The van der Waals surface area contributed by atoms with E-state index in [0.29, 0.717) is 18.0 Å². The Balaban J connectivity index is 0.000000612. The number of hydrogen-bond acceptors (Lipinski definition) is 6. The molecule has 158 valence electrons. The third-order valence-corrected chi connectivity index (χ3v) is 3.76. The van der Waals surface area contributed by atoms with Crippen molar-refractivity contribution in [1.29, 1.82) is 0 Å². The van der Waals surface area contributed by atoms with Gasteiger partial charge in [-0.2, -0.15) is 0 Å². The zero-order valence-electron chi connectivity index (χ0n) is 16.4. The number of benzene rings is 2. The maximum atomic E-state index is 13.1. The Bertz CT molecular complexity index is 814. The fourth-order valence-corrected chi connectivity index (χ4v) is 2.38. The van der Waals surface area contributed by atoms with Gasteiger partial charge in [0.2, 0.25) is 0 Å². The van der Waals surface area contributed by atoms with E-state index in [9.17, 15) is 4.39 Å². The van der Waals surface area contributed by atoms with E-state index in [1.165, 1.54) is 6.07 Å². The van der Waals surface area contributed by atoms with E-state index in [1.54, 1.807) is 33.5 Å². The lowest BCUT2D eigenvalue weighted by molar-refractivity contribution is -0.159. The van der Waals surface area contributed by atoms with E-state index < -0.39 is 11.9 Å². The van der Waals surface area contributed by atoms with Crippen LogP contribution in [0.4, 0.5) is 4.39 Å². The SMILES string of the molecule is COc1cc(OC)c(OC)cc1CNCCc1cccc(F)c1.O=C(O)C(=O)O. The highest BCUT2D eigenvalue weighted by molar-refractivity contribution is 6.27. The van der Waals surface area contributed by atoms with Crippen LogP contribution >= 0.6 is 0 Å². The van der Waals surface area contributed by atoms with Crippen LogP contribution < -0.4 is 19.5 Å². The summed E-state index contributed by atoms with van der Waals surface area (Å²) in [6, 6.07) is 10.4. The van der Waals surface area contributed by atoms with Gasteiger partial charge in [-0.05, 0) is 36.7 Å². The lowest BCUT2D eigenvalue weighted by atomic mass is 10.1. The number of rotatable bonds is 8. The van der Waals surface area contributed by atoms with E-state index in [-0.39, 0.29) is 5.82 Å². The van der Waals surface area contributed by atoms with Gasteiger partial charge in [-0.3, -0.25) is 0 Å². The van der Waals surface area contributed by atoms with Gasteiger partial charge in [0.1, 0.15) is 11.6 Å². The van der Waals surface area contributed by atoms with Crippen LogP contribution in [0.15, 0.2) is 36.4 Å². The predicted molar refractivity (Wildman–Crippen MR) is 103 cm³/mol. The number of carboxylic acids is 2. The number of hydrogen-bond donors (Lipinski definition) is 3. The molecule has 0 saturated heterocycles. The van der Waals surface area contributed by atoms with Crippen LogP contribution in [0.3, 0.4) is 0 Å². The number of carboxylic acid groups (broad SMARTS) is 2. The van der Waals surface area contributed by atoms with Crippen molar-refractivity contribution in [3.63, 3.8) is 0 Å². The van der Waals surface area contributed by atoms with E-state index in [4.69, 9.17) is 34.0 Å². The van der Waals surface area contributed by atoms with Crippen molar-refractivity contribution < 1.29 is 38.4 Å². The maximum Gasteiger partial charge on any atom is 0.414 e. The first-order chi connectivity index (χ1) is 13.8. The summed E-state index contributed by atoms with van der Waals surface area (Å²) in [6.07, 6.45) is 0.757. The molecule has 0 atom stereocenters. The fourth-order valence-electron chi connectivity index (χ4n) is 2.38. The summed E-state index contributed by atoms with van der Waals surface area (Å²) in [5.74, 6) is -1.82. The van der Waals surface area contributed by atoms with Gasteiger partial charge in [0.25, 0.3) is 0 Å². The number of aliphatic carboxylic acids is 2. The van der Waals surface area contributed by atoms with Crippen molar-refractivity contribution in [3.05, 3.63) is 53.3 Å². The molecular weight excluding hydrogens is 385 g/mol. The minimum absolute atomic E-state index is 0.205. The zero-order chi connectivity index (χ0) is 21.8. The second kappa shape index (κ2) is 12.2. The molecule has 0 unspecified atom stereocenters. The largest absolute Gasteiger partial charge is 0.496 e. The van der Waals surface area contributed by atoms with Gasteiger partial charge in [0, 0.05) is 18.2 Å². The van der Waals surface area contributed by atoms with Crippen molar-refractivity contribution >= 4 is 11.9 Å². The Morgan fingerprint density at radius 1 is 0.931 bits per heavy atom. The lowest BCUT2D eigenvalue weighted by Crippen LogP contribution is -2.17. The van der Waals surface area contributed by atoms with Crippen molar-refractivity contribution in [2.45, 2.75) is 13.0 Å². The minimum atomic E-state index is -1.82. The van der Waals surface area contributed by atoms with Crippen LogP contribution in [-0.2, 0) is 22.6 Å². The standard InChI is InChI=1S/C18H22FNO3.C2H2O4/c1-21-16-11-18(23-3)17(22-2)10-14(16)12-20-8-7-13-5-4-6-15(19)9-13;3-1(4)2(5)6/h4-6,9-11,20H,7-8,12H2,1-3H3;(H,3,4)(H,5,6). The topological polar surface area (TPSA) is 114 Å². The van der Waals surface area contributed by atoms with Crippen molar-refractivity contribution in [2.24, 2.45) is 0 Å². The van der Waals surface area contributed by atoms with Crippen molar-refractivity contribution in [2.75, 3.05) is 27.9 Å². The van der Waals surface area contributed by atoms with Crippen LogP contribution in [0.25, 0.3) is 0 Å². The van der Waals surface area contributed by atoms with Gasteiger partial charge >= 0.3 is 11.9 Å². The monoisotopic (exact) mass is 409 g/mol. The Morgan fingerprint density at radius 3 is 2.03 bits per heavy atom. The molecule has 0 amide bonds. The summed E-state index contributed by atoms with van der Waals surface area (Å²) in [6.45, 7) is 1.36. The Hall–Kier alpha value is -3.33. The van der Waals surface area contributed by atoms with Crippen molar-refractivity contribution in [1.82, 2.24) is 5.32 Å². The molecule has 0 fully saturated rings. The minimum Gasteiger partial charge on any atom is -0.496 e. The van der Waals surface area contributed by atoms with E-state index in [1.807, 2.05) is 18.2 Å². The summed E-state index contributed by atoms with van der Waals surface area (Å²) in [7, 11) is 4.82. The van der Waals surface area contributed by atoms with Gasteiger partial charge in [-0.1, -0.05) is 12.1 Å². The number of nitrogens with one attached hydrogen (secondary N) is 1. The summed E-state index contributed by atoms with van der Waals surface area (Å²) in [5.41, 5.74) is 1.95. The van der Waals surface area contributed by atoms with E-state index in [2.05, 4.69) is 5.32 Å². The predicted octanol–water partition coefficient (Wildman–Crippen LogP) is 2.34. The normalized spacial score (nSPS) is 9.79. The third-order valence-electron chi connectivity index (χ3n) is 3.76. The van der Waals surface area contributed by atoms with Crippen molar-refractivity contribution in [3.8, 4) is 17.2 Å². The number of methoxy groups -OCH3 is 3. The molecule has 0 bridgehead atoms. The first kappa shape index (κ1) is 23.7. The quantitative estimate of drug-likeness (QED) is 0.450. The summed E-state index contributed by atoms with van der Waals surface area (Å²) in [4.78, 5) is 18.2. The molecule has 9 heteroatoms. The molecule has 0 aliphatic rings. The van der Waals surface area contributed by atoms with Gasteiger partial charge < -0.3 is 29.7 Å². The highest BCUT2D eigenvalue weighted by atomic mass is 19.1. The number of halogens is 1. The van der Waals surface area contributed by atoms with E-state index in [0.717, 1.165) is 29.8 Å². The highest BCUT2D eigenvalue weighted by Crippen LogP contribution is 2.34. The number of ether oxygens (including phenoxy) is 3. The molecule has 2 aromatic carbocycles.